The van der Waals surface area contributed by atoms with Crippen molar-refractivity contribution < 1.29 is 19.4 Å². The molecule has 0 spiro atoms. The van der Waals surface area contributed by atoms with Gasteiger partial charge in [0.25, 0.3) is 11.8 Å². The summed E-state index contributed by atoms with van der Waals surface area (Å²) in [4.78, 5) is 38.4. The molecule has 3 heterocycles. The van der Waals surface area contributed by atoms with Crippen LogP contribution in [0.4, 0.5) is 0 Å². The fourth-order valence-corrected chi connectivity index (χ4v) is 4.29. The van der Waals surface area contributed by atoms with Crippen LogP contribution in [0, 0.1) is 12.8 Å². The van der Waals surface area contributed by atoms with Gasteiger partial charge in [0, 0.05) is 49.2 Å². The highest BCUT2D eigenvalue weighted by molar-refractivity contribution is 5.98. The van der Waals surface area contributed by atoms with E-state index >= 15 is 0 Å². The second-order valence-electron chi connectivity index (χ2n) is 9.49. The lowest BCUT2D eigenvalue weighted by Gasteiger charge is -2.37. The number of amides is 2. The summed E-state index contributed by atoms with van der Waals surface area (Å²) < 4.78 is 6.32. The molecule has 0 unspecified atom stereocenters. The van der Waals surface area contributed by atoms with Gasteiger partial charge < -0.3 is 19.6 Å². The van der Waals surface area contributed by atoms with Gasteiger partial charge in [0.2, 0.25) is 5.88 Å². The molecule has 4 rings (SSSR count). The minimum atomic E-state index is -0.418. The van der Waals surface area contributed by atoms with Crippen molar-refractivity contribution in [3.63, 3.8) is 0 Å². The van der Waals surface area contributed by atoms with E-state index in [1.807, 2.05) is 45.0 Å². The first-order valence-corrected chi connectivity index (χ1v) is 12.1. The molecule has 36 heavy (non-hydrogen) atoms. The molecule has 1 aromatic carbocycles. The van der Waals surface area contributed by atoms with E-state index in [0.717, 1.165) is 16.7 Å². The van der Waals surface area contributed by atoms with Gasteiger partial charge in [-0.2, -0.15) is 0 Å². The minimum absolute atomic E-state index is 0.123. The number of rotatable bonds is 6. The van der Waals surface area contributed by atoms with Crippen molar-refractivity contribution in [2.24, 2.45) is 5.92 Å². The standard InChI is InChI=1S/C28H32N4O4/c1-18-5-7-21(8-6-18)23-13-24-26(30-14-23)36-25(19(2)15-32(28(24)35)20(3)17-33)16-31(4)27(34)22-9-11-29-12-10-22/h5-14,19-20,25,33H,15-17H2,1-4H3/t19-,20+,25+/m1/s1. The van der Waals surface area contributed by atoms with Gasteiger partial charge in [-0.15, -0.1) is 0 Å². The highest BCUT2D eigenvalue weighted by Crippen LogP contribution is 2.30. The largest absolute Gasteiger partial charge is 0.472 e. The molecule has 0 saturated carbocycles. The molecule has 8 heteroatoms. The Morgan fingerprint density at radius 2 is 1.89 bits per heavy atom. The average Bonchev–Trinajstić information content (AvgIpc) is 2.90. The zero-order chi connectivity index (χ0) is 25.8. The van der Waals surface area contributed by atoms with Gasteiger partial charge in [-0.25, -0.2) is 4.98 Å². The Labute approximate surface area is 211 Å². The van der Waals surface area contributed by atoms with Crippen molar-refractivity contribution in [2.45, 2.75) is 32.9 Å². The summed E-state index contributed by atoms with van der Waals surface area (Å²) in [6.45, 7) is 6.33. The highest BCUT2D eigenvalue weighted by atomic mass is 16.5. The van der Waals surface area contributed by atoms with Crippen molar-refractivity contribution in [3.05, 3.63) is 77.7 Å². The third-order valence-electron chi connectivity index (χ3n) is 6.63. The molecule has 0 saturated heterocycles. The lowest BCUT2D eigenvalue weighted by atomic mass is 9.99. The fourth-order valence-electron chi connectivity index (χ4n) is 4.29. The van der Waals surface area contributed by atoms with E-state index in [4.69, 9.17) is 4.74 Å². The molecular formula is C28H32N4O4. The summed E-state index contributed by atoms with van der Waals surface area (Å²) >= 11 is 0. The van der Waals surface area contributed by atoms with Crippen LogP contribution in [0.25, 0.3) is 11.1 Å². The summed E-state index contributed by atoms with van der Waals surface area (Å²) in [6.07, 6.45) is 4.45. The molecule has 2 amide bonds. The smallest absolute Gasteiger partial charge is 0.259 e. The second-order valence-corrected chi connectivity index (χ2v) is 9.49. The van der Waals surface area contributed by atoms with Crippen LogP contribution >= 0.6 is 0 Å². The van der Waals surface area contributed by atoms with Crippen LogP contribution in [-0.2, 0) is 0 Å². The molecule has 8 nitrogen and oxygen atoms in total. The van der Waals surface area contributed by atoms with Gasteiger partial charge in [-0.3, -0.25) is 14.6 Å². The Morgan fingerprint density at radius 1 is 1.19 bits per heavy atom. The topological polar surface area (TPSA) is 95.9 Å². The minimum Gasteiger partial charge on any atom is -0.472 e. The van der Waals surface area contributed by atoms with Crippen LogP contribution in [0.15, 0.2) is 61.1 Å². The zero-order valence-electron chi connectivity index (χ0n) is 21.1. The van der Waals surface area contributed by atoms with Gasteiger partial charge in [0.15, 0.2) is 0 Å². The first-order chi connectivity index (χ1) is 17.3. The molecule has 0 bridgehead atoms. The average molecular weight is 489 g/mol. The number of benzene rings is 1. The Hall–Kier alpha value is -3.78. The van der Waals surface area contributed by atoms with Gasteiger partial charge in [-0.1, -0.05) is 36.8 Å². The van der Waals surface area contributed by atoms with Gasteiger partial charge in [0.05, 0.1) is 19.2 Å². The van der Waals surface area contributed by atoms with Crippen LogP contribution in [0.1, 0.15) is 40.1 Å². The van der Waals surface area contributed by atoms with Crippen molar-refractivity contribution in [3.8, 4) is 17.0 Å². The Kier molecular flexibility index (Phi) is 7.64. The van der Waals surface area contributed by atoms with Gasteiger partial charge in [-0.05, 0) is 37.6 Å². The van der Waals surface area contributed by atoms with Crippen LogP contribution in [0.2, 0.25) is 0 Å². The van der Waals surface area contributed by atoms with Gasteiger partial charge in [0.1, 0.15) is 11.7 Å². The Bertz CT molecular complexity index is 1220. The van der Waals surface area contributed by atoms with Gasteiger partial charge >= 0.3 is 0 Å². The van der Waals surface area contributed by atoms with Crippen molar-refractivity contribution in [2.75, 3.05) is 26.7 Å². The molecule has 3 aromatic rings. The van der Waals surface area contributed by atoms with E-state index in [1.165, 1.54) is 0 Å². The predicted octanol–water partition coefficient (Wildman–Crippen LogP) is 3.44. The van der Waals surface area contributed by atoms with E-state index in [0.29, 0.717) is 24.2 Å². The van der Waals surface area contributed by atoms with E-state index in [2.05, 4.69) is 9.97 Å². The van der Waals surface area contributed by atoms with E-state index in [1.54, 1.807) is 53.6 Å². The molecule has 1 N–H and O–H groups in total. The quantitative estimate of drug-likeness (QED) is 0.571. The number of hydrogen-bond acceptors (Lipinski definition) is 6. The van der Waals surface area contributed by atoms with Crippen LogP contribution < -0.4 is 4.74 Å². The fraction of sp³-hybridized carbons (Fsp3) is 0.357. The molecule has 1 aliphatic heterocycles. The molecular weight excluding hydrogens is 456 g/mol. The number of likely N-dealkylation sites (N-methyl/N-ethyl adjacent to an activating group) is 1. The first-order valence-electron chi connectivity index (χ1n) is 12.1. The summed E-state index contributed by atoms with van der Waals surface area (Å²) in [5, 5.41) is 9.87. The highest BCUT2D eigenvalue weighted by Gasteiger charge is 2.35. The number of aryl methyl sites for hydroxylation is 1. The number of aliphatic hydroxyl groups is 1. The number of aromatic nitrogens is 2. The lowest BCUT2D eigenvalue weighted by molar-refractivity contribution is 0.0313. The monoisotopic (exact) mass is 488 g/mol. The van der Waals surface area contributed by atoms with Crippen molar-refractivity contribution in [1.29, 1.82) is 0 Å². The Balaban J connectivity index is 1.68. The third-order valence-corrected chi connectivity index (χ3v) is 6.63. The van der Waals surface area contributed by atoms with E-state index in [9.17, 15) is 14.7 Å². The number of carbonyl (C=O) groups excluding carboxylic acids is 2. The normalized spacial score (nSPS) is 18.5. The molecule has 0 aliphatic carbocycles. The maximum atomic E-state index is 13.6. The molecule has 0 fully saturated rings. The molecule has 1 aliphatic rings. The summed E-state index contributed by atoms with van der Waals surface area (Å²) in [7, 11) is 1.73. The SMILES string of the molecule is Cc1ccc(-c2cnc3c(c2)C(=O)N([C@@H](C)CO)C[C@@H](C)[C@H](CN(C)C(=O)c2ccncc2)O3)cc1. The van der Waals surface area contributed by atoms with Crippen LogP contribution in [0.5, 0.6) is 5.88 Å². The van der Waals surface area contributed by atoms with Crippen molar-refractivity contribution in [1.82, 2.24) is 19.8 Å². The molecule has 0 radical (unpaired) electrons. The number of pyridine rings is 2. The number of nitrogens with zero attached hydrogens (tertiary/aromatic N) is 4. The van der Waals surface area contributed by atoms with Crippen molar-refractivity contribution >= 4 is 11.8 Å². The first kappa shape index (κ1) is 25.3. The van der Waals surface area contributed by atoms with E-state index < -0.39 is 6.10 Å². The summed E-state index contributed by atoms with van der Waals surface area (Å²) in [5.74, 6) is -0.274. The number of aliphatic hydroxyl groups excluding tert-OH is 1. The number of carbonyl (C=O) groups is 2. The summed E-state index contributed by atoms with van der Waals surface area (Å²) in [6, 6.07) is 12.8. The number of ether oxygens (including phenoxy) is 1. The number of hydrogen-bond donors (Lipinski definition) is 1. The third kappa shape index (κ3) is 5.39. The van der Waals surface area contributed by atoms with Crippen LogP contribution in [-0.4, -0.2) is 75.6 Å². The second kappa shape index (κ2) is 10.9. The maximum Gasteiger partial charge on any atom is 0.259 e. The molecule has 2 aromatic heterocycles. The maximum absolute atomic E-state index is 13.6. The Morgan fingerprint density at radius 3 is 2.56 bits per heavy atom. The molecule has 3 atom stereocenters. The van der Waals surface area contributed by atoms with E-state index in [-0.39, 0.29) is 36.3 Å². The number of fused-ring (bicyclic) bond motifs is 1. The zero-order valence-corrected chi connectivity index (χ0v) is 21.1. The summed E-state index contributed by atoms with van der Waals surface area (Å²) in [5.41, 5.74) is 3.77. The molecule has 188 valence electrons. The lowest BCUT2D eigenvalue weighted by Crippen LogP contribution is -2.50. The van der Waals surface area contributed by atoms with Crippen LogP contribution in [0.3, 0.4) is 0 Å². The predicted molar refractivity (Wildman–Crippen MR) is 137 cm³/mol.